The molecule has 2 rings (SSSR count). The SMILES string of the molecule is CCCNC(CC)c1nnc(CCC2CCCCO2)s1. The second-order valence-corrected chi connectivity index (χ2v) is 6.57. The normalized spacial score (nSPS) is 21.0. The highest BCUT2D eigenvalue weighted by atomic mass is 32.1. The van der Waals surface area contributed by atoms with E-state index in [-0.39, 0.29) is 0 Å². The average molecular weight is 297 g/mol. The van der Waals surface area contributed by atoms with Gasteiger partial charge in [-0.15, -0.1) is 10.2 Å². The number of nitrogens with zero attached hydrogens (tertiary/aromatic N) is 2. The van der Waals surface area contributed by atoms with E-state index in [4.69, 9.17) is 4.74 Å². The standard InChI is InChI=1S/C15H27N3OS/c1-3-10-16-13(4-2)15-18-17-14(20-15)9-8-12-7-5-6-11-19-12/h12-13,16H,3-11H2,1-2H3. The molecule has 1 fully saturated rings. The first-order valence-corrected chi connectivity index (χ1v) is 8.82. The third kappa shape index (κ3) is 4.79. The molecule has 1 N–H and O–H groups in total. The molecule has 1 aliphatic rings. The number of ether oxygens (including phenoxy) is 1. The maximum Gasteiger partial charge on any atom is 0.134 e. The van der Waals surface area contributed by atoms with Crippen molar-refractivity contribution in [1.29, 1.82) is 0 Å². The van der Waals surface area contributed by atoms with Crippen molar-refractivity contribution < 1.29 is 4.74 Å². The topological polar surface area (TPSA) is 47.0 Å². The first kappa shape index (κ1) is 15.9. The highest BCUT2D eigenvalue weighted by Crippen LogP contribution is 2.23. The zero-order valence-electron chi connectivity index (χ0n) is 12.7. The minimum absolute atomic E-state index is 0.368. The predicted octanol–water partition coefficient (Wildman–Crippen LogP) is 3.49. The Balaban J connectivity index is 1.81. The van der Waals surface area contributed by atoms with Crippen LogP contribution in [0.3, 0.4) is 0 Å². The van der Waals surface area contributed by atoms with Crippen LogP contribution >= 0.6 is 11.3 Å². The van der Waals surface area contributed by atoms with Crippen molar-refractivity contribution >= 4 is 11.3 Å². The van der Waals surface area contributed by atoms with Gasteiger partial charge in [0.05, 0.1) is 12.1 Å². The zero-order chi connectivity index (χ0) is 14.2. The van der Waals surface area contributed by atoms with Gasteiger partial charge in [-0.25, -0.2) is 0 Å². The van der Waals surface area contributed by atoms with E-state index < -0.39 is 0 Å². The van der Waals surface area contributed by atoms with Crippen molar-refractivity contribution in [2.45, 2.75) is 70.9 Å². The fourth-order valence-electron chi connectivity index (χ4n) is 2.55. The second-order valence-electron chi connectivity index (χ2n) is 5.48. The summed E-state index contributed by atoms with van der Waals surface area (Å²) in [5, 5.41) is 14.6. The molecule has 0 saturated carbocycles. The fraction of sp³-hybridized carbons (Fsp3) is 0.867. The maximum atomic E-state index is 5.77. The van der Waals surface area contributed by atoms with Crippen LogP contribution in [0, 0.1) is 0 Å². The van der Waals surface area contributed by atoms with E-state index in [0.717, 1.165) is 48.9 Å². The molecule has 1 aromatic heterocycles. The number of aryl methyl sites for hydroxylation is 1. The van der Waals surface area contributed by atoms with E-state index >= 15 is 0 Å². The van der Waals surface area contributed by atoms with Crippen LogP contribution in [-0.4, -0.2) is 29.5 Å². The summed E-state index contributed by atoms with van der Waals surface area (Å²) in [4.78, 5) is 0. The number of aromatic nitrogens is 2. The third-order valence-electron chi connectivity index (χ3n) is 3.78. The van der Waals surface area contributed by atoms with E-state index in [1.165, 1.54) is 19.3 Å². The first-order chi connectivity index (χ1) is 9.83. The summed E-state index contributed by atoms with van der Waals surface area (Å²) < 4.78 is 5.77. The largest absolute Gasteiger partial charge is 0.378 e. The Morgan fingerprint density at radius 2 is 2.25 bits per heavy atom. The molecule has 0 aromatic carbocycles. The lowest BCUT2D eigenvalue weighted by atomic mass is 10.1. The lowest BCUT2D eigenvalue weighted by molar-refractivity contribution is 0.0115. The van der Waals surface area contributed by atoms with Crippen LogP contribution in [0.5, 0.6) is 0 Å². The Morgan fingerprint density at radius 1 is 1.35 bits per heavy atom. The second kappa shape index (κ2) is 8.70. The molecule has 4 nitrogen and oxygen atoms in total. The molecule has 1 aromatic rings. The van der Waals surface area contributed by atoms with Gasteiger partial charge in [0.2, 0.25) is 0 Å². The van der Waals surface area contributed by atoms with E-state index in [0.29, 0.717) is 12.1 Å². The van der Waals surface area contributed by atoms with Crippen LogP contribution in [0.25, 0.3) is 0 Å². The summed E-state index contributed by atoms with van der Waals surface area (Å²) >= 11 is 1.76. The van der Waals surface area contributed by atoms with Crippen molar-refractivity contribution in [2.75, 3.05) is 13.2 Å². The molecule has 0 radical (unpaired) electrons. The highest BCUT2D eigenvalue weighted by Gasteiger charge is 2.17. The van der Waals surface area contributed by atoms with Crippen LogP contribution in [0.4, 0.5) is 0 Å². The van der Waals surface area contributed by atoms with Gasteiger partial charge < -0.3 is 10.1 Å². The lowest BCUT2D eigenvalue weighted by Gasteiger charge is -2.21. The lowest BCUT2D eigenvalue weighted by Crippen LogP contribution is -2.21. The summed E-state index contributed by atoms with van der Waals surface area (Å²) in [5.41, 5.74) is 0. The van der Waals surface area contributed by atoms with Crippen molar-refractivity contribution in [2.24, 2.45) is 0 Å². The number of hydrogen-bond donors (Lipinski definition) is 1. The Morgan fingerprint density at radius 3 is 2.95 bits per heavy atom. The van der Waals surface area contributed by atoms with Crippen molar-refractivity contribution in [3.05, 3.63) is 10.0 Å². The molecule has 114 valence electrons. The molecule has 0 spiro atoms. The van der Waals surface area contributed by atoms with Crippen molar-refractivity contribution in [1.82, 2.24) is 15.5 Å². The van der Waals surface area contributed by atoms with Crippen LogP contribution in [0.1, 0.15) is 68.4 Å². The van der Waals surface area contributed by atoms with Crippen LogP contribution in [-0.2, 0) is 11.2 Å². The highest BCUT2D eigenvalue weighted by molar-refractivity contribution is 7.11. The smallest absolute Gasteiger partial charge is 0.134 e. The molecular formula is C15H27N3OS. The van der Waals surface area contributed by atoms with Crippen LogP contribution < -0.4 is 5.32 Å². The van der Waals surface area contributed by atoms with E-state index in [2.05, 4.69) is 29.4 Å². The van der Waals surface area contributed by atoms with Crippen LogP contribution in [0.2, 0.25) is 0 Å². The Bertz CT molecular complexity index is 377. The predicted molar refractivity (Wildman–Crippen MR) is 83.1 cm³/mol. The van der Waals surface area contributed by atoms with Crippen molar-refractivity contribution in [3.8, 4) is 0 Å². The van der Waals surface area contributed by atoms with Gasteiger partial charge in [0, 0.05) is 13.0 Å². The molecule has 0 amide bonds. The summed E-state index contributed by atoms with van der Waals surface area (Å²) in [6, 6.07) is 0.368. The zero-order valence-corrected chi connectivity index (χ0v) is 13.5. The number of nitrogens with one attached hydrogen (secondary N) is 1. The van der Waals surface area contributed by atoms with E-state index in [1.54, 1.807) is 11.3 Å². The summed E-state index contributed by atoms with van der Waals surface area (Å²) in [6.07, 6.45) is 8.51. The summed E-state index contributed by atoms with van der Waals surface area (Å²) in [6.45, 7) is 6.37. The molecule has 2 heterocycles. The fourth-order valence-corrected chi connectivity index (χ4v) is 3.57. The van der Waals surface area contributed by atoms with Gasteiger partial charge in [0.15, 0.2) is 0 Å². The van der Waals surface area contributed by atoms with Gasteiger partial charge in [-0.1, -0.05) is 25.2 Å². The third-order valence-corrected chi connectivity index (χ3v) is 4.88. The molecule has 20 heavy (non-hydrogen) atoms. The molecule has 5 heteroatoms. The maximum absolute atomic E-state index is 5.77. The van der Waals surface area contributed by atoms with Gasteiger partial charge in [0.25, 0.3) is 0 Å². The number of hydrogen-bond acceptors (Lipinski definition) is 5. The Hall–Kier alpha value is -0.520. The van der Waals surface area contributed by atoms with Gasteiger partial charge in [-0.2, -0.15) is 0 Å². The first-order valence-electron chi connectivity index (χ1n) is 8.00. The molecule has 2 atom stereocenters. The molecule has 1 aliphatic heterocycles. The van der Waals surface area contributed by atoms with Crippen molar-refractivity contribution in [3.63, 3.8) is 0 Å². The number of rotatable bonds is 8. The van der Waals surface area contributed by atoms with Crippen LogP contribution in [0.15, 0.2) is 0 Å². The minimum Gasteiger partial charge on any atom is -0.378 e. The van der Waals surface area contributed by atoms with Gasteiger partial charge >= 0.3 is 0 Å². The van der Waals surface area contributed by atoms with Gasteiger partial charge in [0.1, 0.15) is 10.0 Å². The Labute approximate surface area is 126 Å². The van der Waals surface area contributed by atoms with Gasteiger partial charge in [-0.3, -0.25) is 0 Å². The summed E-state index contributed by atoms with van der Waals surface area (Å²) in [7, 11) is 0. The average Bonchev–Trinajstić information content (AvgIpc) is 2.96. The summed E-state index contributed by atoms with van der Waals surface area (Å²) in [5.74, 6) is 0. The molecule has 1 saturated heterocycles. The molecular weight excluding hydrogens is 270 g/mol. The molecule has 2 unspecified atom stereocenters. The van der Waals surface area contributed by atoms with E-state index in [1.807, 2.05) is 0 Å². The quantitative estimate of drug-likeness (QED) is 0.798. The Kier molecular flexibility index (Phi) is 6.90. The molecule has 0 bridgehead atoms. The minimum atomic E-state index is 0.368. The van der Waals surface area contributed by atoms with E-state index in [9.17, 15) is 0 Å². The van der Waals surface area contributed by atoms with Gasteiger partial charge in [-0.05, 0) is 45.1 Å². The molecule has 0 aliphatic carbocycles. The monoisotopic (exact) mass is 297 g/mol.